The number of fused-ring (bicyclic) bond motifs is 2. The third-order valence-corrected chi connectivity index (χ3v) is 6.76. The molecule has 2 atom stereocenters. The van der Waals surface area contributed by atoms with Crippen molar-refractivity contribution >= 4 is 15.9 Å². The molecule has 6 nitrogen and oxygen atoms in total. The summed E-state index contributed by atoms with van der Waals surface area (Å²) < 4.78 is 26.1. The molecule has 0 aliphatic heterocycles. The minimum atomic E-state index is -3.56. The van der Waals surface area contributed by atoms with E-state index < -0.39 is 10.0 Å². The zero-order chi connectivity index (χ0) is 17.3. The lowest BCUT2D eigenvalue weighted by Crippen LogP contribution is -2.53. The maximum atomic E-state index is 12.6. The second-order valence-electron chi connectivity index (χ2n) is 6.92. The molecule has 1 aromatic carbocycles. The van der Waals surface area contributed by atoms with E-state index in [1.807, 2.05) is 0 Å². The van der Waals surface area contributed by atoms with Crippen LogP contribution in [0.25, 0.3) is 0 Å². The molecule has 2 aliphatic carbocycles. The second kappa shape index (κ2) is 6.82. The van der Waals surface area contributed by atoms with E-state index in [0.29, 0.717) is 17.4 Å². The summed E-state index contributed by atoms with van der Waals surface area (Å²) >= 11 is 0. The molecule has 0 aromatic heterocycles. The van der Waals surface area contributed by atoms with Crippen LogP contribution in [0.2, 0.25) is 0 Å². The Morgan fingerprint density at radius 2 is 1.88 bits per heavy atom. The molecule has 0 heterocycles. The van der Waals surface area contributed by atoms with Gasteiger partial charge in [-0.1, -0.05) is 12.5 Å². The Balaban J connectivity index is 1.77. The van der Waals surface area contributed by atoms with Gasteiger partial charge in [0, 0.05) is 17.6 Å². The first kappa shape index (κ1) is 17.4. The number of nitrogens with two attached hydrogens (primary N) is 1. The molecule has 7 heteroatoms. The van der Waals surface area contributed by atoms with Gasteiger partial charge in [0.15, 0.2) is 0 Å². The van der Waals surface area contributed by atoms with Crippen LogP contribution in [-0.4, -0.2) is 33.5 Å². The zero-order valence-corrected chi connectivity index (χ0v) is 14.7. The van der Waals surface area contributed by atoms with Crippen molar-refractivity contribution in [3.63, 3.8) is 0 Å². The van der Waals surface area contributed by atoms with Gasteiger partial charge in [0.2, 0.25) is 10.0 Å². The van der Waals surface area contributed by atoms with E-state index in [-0.39, 0.29) is 22.9 Å². The highest BCUT2D eigenvalue weighted by atomic mass is 32.2. The number of hydrogen-bond donors (Lipinski definition) is 3. The highest BCUT2D eigenvalue weighted by molar-refractivity contribution is 7.89. The average molecular weight is 351 g/mol. The van der Waals surface area contributed by atoms with Gasteiger partial charge in [0.25, 0.3) is 5.91 Å². The number of sulfonamides is 1. The monoisotopic (exact) mass is 351 g/mol. The largest absolute Gasteiger partial charge is 0.349 e. The van der Waals surface area contributed by atoms with Crippen molar-refractivity contribution < 1.29 is 13.2 Å². The Morgan fingerprint density at radius 3 is 2.50 bits per heavy atom. The summed E-state index contributed by atoms with van der Waals surface area (Å²) in [7, 11) is -2.20. The number of amides is 1. The van der Waals surface area contributed by atoms with Crippen molar-refractivity contribution in [1.82, 2.24) is 10.0 Å². The van der Waals surface area contributed by atoms with Crippen LogP contribution in [0.1, 0.15) is 42.5 Å². The van der Waals surface area contributed by atoms with Gasteiger partial charge in [0.1, 0.15) is 0 Å². The van der Waals surface area contributed by atoms with Gasteiger partial charge >= 0.3 is 0 Å². The lowest BCUT2D eigenvalue weighted by molar-refractivity contribution is 0.0756. The number of rotatable bonds is 4. The first-order chi connectivity index (χ1) is 11.4. The summed E-state index contributed by atoms with van der Waals surface area (Å²) in [6.45, 7) is 0. The maximum absolute atomic E-state index is 12.6. The van der Waals surface area contributed by atoms with Crippen LogP contribution in [0.3, 0.4) is 0 Å². The summed E-state index contributed by atoms with van der Waals surface area (Å²) in [6, 6.07) is 6.53. The second-order valence-corrected chi connectivity index (χ2v) is 8.80. The first-order valence-corrected chi connectivity index (χ1v) is 9.99. The Morgan fingerprint density at radius 1 is 1.21 bits per heavy atom. The van der Waals surface area contributed by atoms with Crippen molar-refractivity contribution in [2.24, 2.45) is 17.6 Å². The maximum Gasteiger partial charge on any atom is 0.251 e. The fourth-order valence-electron chi connectivity index (χ4n) is 4.18. The van der Waals surface area contributed by atoms with Gasteiger partial charge in [0.05, 0.1) is 4.90 Å². The number of benzene rings is 1. The molecule has 24 heavy (non-hydrogen) atoms. The molecule has 0 saturated heterocycles. The summed E-state index contributed by atoms with van der Waals surface area (Å²) in [5.41, 5.74) is 6.50. The van der Waals surface area contributed by atoms with Crippen LogP contribution in [-0.2, 0) is 10.0 Å². The van der Waals surface area contributed by atoms with Gasteiger partial charge < -0.3 is 11.1 Å². The zero-order valence-electron chi connectivity index (χ0n) is 13.9. The third kappa shape index (κ3) is 3.48. The van der Waals surface area contributed by atoms with Crippen molar-refractivity contribution in [3.8, 4) is 0 Å². The van der Waals surface area contributed by atoms with Crippen molar-refractivity contribution in [3.05, 3.63) is 29.8 Å². The van der Waals surface area contributed by atoms with Gasteiger partial charge in [-0.15, -0.1) is 0 Å². The van der Waals surface area contributed by atoms with E-state index in [1.165, 1.54) is 25.6 Å². The Hall–Kier alpha value is -1.44. The van der Waals surface area contributed by atoms with Crippen LogP contribution in [0, 0.1) is 11.8 Å². The number of carbonyl (C=O) groups is 1. The normalized spacial score (nSPS) is 29.9. The van der Waals surface area contributed by atoms with Crippen molar-refractivity contribution in [2.45, 2.75) is 49.1 Å². The molecular weight excluding hydrogens is 326 g/mol. The molecule has 0 spiro atoms. The van der Waals surface area contributed by atoms with E-state index in [0.717, 1.165) is 25.7 Å². The van der Waals surface area contributed by atoms with Crippen molar-refractivity contribution in [1.29, 1.82) is 0 Å². The summed E-state index contributed by atoms with van der Waals surface area (Å²) in [6.07, 6.45) is 5.31. The summed E-state index contributed by atoms with van der Waals surface area (Å²) in [5, 5.41) is 3.14. The standard InChI is InChI=1S/C17H25N3O3S/c1-19-24(22,23)15-7-3-6-13(10-15)17(21)20-16-11-4-2-5-12(16)9-14(18)8-11/h3,6-7,10-12,14,16,19H,2,4-5,8-9,18H2,1H3,(H,20,21). The summed E-state index contributed by atoms with van der Waals surface area (Å²) in [4.78, 5) is 12.7. The molecule has 2 fully saturated rings. The highest BCUT2D eigenvalue weighted by Gasteiger charge is 2.40. The molecule has 2 bridgehead atoms. The van der Waals surface area contributed by atoms with Crippen molar-refractivity contribution in [2.75, 3.05) is 7.05 Å². The lowest BCUT2D eigenvalue weighted by Gasteiger charge is -2.45. The van der Waals surface area contributed by atoms with Crippen LogP contribution in [0.15, 0.2) is 29.2 Å². The van der Waals surface area contributed by atoms with Crippen LogP contribution < -0.4 is 15.8 Å². The predicted molar refractivity (Wildman–Crippen MR) is 92.0 cm³/mol. The SMILES string of the molecule is CNS(=O)(=O)c1cccc(C(=O)NC2C3CCCC2CC(N)C3)c1. The van der Waals surface area contributed by atoms with E-state index in [9.17, 15) is 13.2 Å². The lowest BCUT2D eigenvalue weighted by atomic mass is 9.67. The molecule has 3 rings (SSSR count). The van der Waals surface area contributed by atoms with E-state index in [4.69, 9.17) is 5.73 Å². The minimum Gasteiger partial charge on any atom is -0.349 e. The average Bonchev–Trinajstić information content (AvgIpc) is 2.55. The van der Waals surface area contributed by atoms with Gasteiger partial charge in [-0.05, 0) is 62.8 Å². The quantitative estimate of drug-likeness (QED) is 0.759. The van der Waals surface area contributed by atoms with E-state index in [1.54, 1.807) is 12.1 Å². The third-order valence-electron chi connectivity index (χ3n) is 5.35. The van der Waals surface area contributed by atoms with Crippen LogP contribution in [0.5, 0.6) is 0 Å². The van der Waals surface area contributed by atoms with Crippen LogP contribution >= 0.6 is 0 Å². The predicted octanol–water partition coefficient (Wildman–Crippen LogP) is 1.23. The van der Waals surface area contributed by atoms with E-state index in [2.05, 4.69) is 10.0 Å². The molecule has 2 saturated carbocycles. The molecule has 1 aromatic rings. The van der Waals surface area contributed by atoms with Gasteiger partial charge in [-0.3, -0.25) is 4.79 Å². The summed E-state index contributed by atoms with van der Waals surface area (Å²) in [5.74, 6) is 0.655. The smallest absolute Gasteiger partial charge is 0.251 e. The minimum absolute atomic E-state index is 0.100. The Kier molecular flexibility index (Phi) is 4.94. The molecular formula is C17H25N3O3S. The highest BCUT2D eigenvalue weighted by Crippen LogP contribution is 2.39. The fraction of sp³-hybridized carbons (Fsp3) is 0.588. The van der Waals surface area contributed by atoms with Crippen LogP contribution in [0.4, 0.5) is 0 Å². The Labute approximate surface area is 143 Å². The molecule has 0 radical (unpaired) electrons. The number of hydrogen-bond acceptors (Lipinski definition) is 4. The number of nitrogens with one attached hydrogen (secondary N) is 2. The molecule has 4 N–H and O–H groups in total. The molecule has 2 aliphatic rings. The first-order valence-electron chi connectivity index (χ1n) is 8.51. The topological polar surface area (TPSA) is 101 Å². The van der Waals surface area contributed by atoms with Gasteiger partial charge in [-0.25, -0.2) is 13.1 Å². The molecule has 2 unspecified atom stereocenters. The molecule has 132 valence electrons. The van der Waals surface area contributed by atoms with E-state index >= 15 is 0 Å². The molecule has 1 amide bonds. The fourth-order valence-corrected chi connectivity index (χ4v) is 4.96. The van der Waals surface area contributed by atoms with Gasteiger partial charge in [-0.2, -0.15) is 0 Å². The number of carbonyl (C=O) groups excluding carboxylic acids is 1. The Bertz CT molecular complexity index is 706.